The molecule has 4 rings (SSSR count). The second-order valence-corrected chi connectivity index (χ2v) is 7.14. The summed E-state index contributed by atoms with van der Waals surface area (Å²) in [5, 5.41) is 0.588. The van der Waals surface area contributed by atoms with Crippen LogP contribution in [0.5, 0.6) is 0 Å². The van der Waals surface area contributed by atoms with Crippen LogP contribution in [0.3, 0.4) is 0 Å². The number of esters is 1. The number of halogens is 1. The number of fused-ring (bicyclic) bond motifs is 1. The third-order valence-electron chi connectivity index (χ3n) is 4.74. The van der Waals surface area contributed by atoms with E-state index in [9.17, 15) is 14.4 Å². The fourth-order valence-electron chi connectivity index (χ4n) is 3.33. The topological polar surface area (TPSA) is 76.6 Å². The first-order valence-corrected chi connectivity index (χ1v) is 9.75. The number of hydrogen-bond acceptors (Lipinski definition) is 5. The van der Waals surface area contributed by atoms with Crippen molar-refractivity contribution in [3.05, 3.63) is 88.2 Å². The van der Waals surface area contributed by atoms with Crippen molar-refractivity contribution < 1.29 is 19.1 Å². The van der Waals surface area contributed by atoms with Crippen molar-refractivity contribution >= 4 is 29.4 Å². The molecule has 30 heavy (non-hydrogen) atoms. The molecule has 0 N–H and O–H groups in total. The molecule has 7 heteroatoms. The Balaban J connectivity index is 1.72. The smallest absolute Gasteiger partial charge is 0.356 e. The highest BCUT2D eigenvalue weighted by molar-refractivity contribution is 6.30. The van der Waals surface area contributed by atoms with Gasteiger partial charge in [0.05, 0.1) is 30.0 Å². The summed E-state index contributed by atoms with van der Waals surface area (Å²) in [6.45, 7) is 1.86. The third-order valence-corrected chi connectivity index (χ3v) is 4.99. The highest BCUT2D eigenvalue weighted by Crippen LogP contribution is 2.27. The summed E-state index contributed by atoms with van der Waals surface area (Å²) in [6, 6.07) is 17.2. The van der Waals surface area contributed by atoms with E-state index in [0.29, 0.717) is 27.4 Å². The van der Waals surface area contributed by atoms with E-state index in [0.717, 1.165) is 10.5 Å². The average Bonchev–Trinajstić information content (AvgIpc) is 2.99. The zero-order chi connectivity index (χ0) is 21.3. The van der Waals surface area contributed by atoms with Crippen LogP contribution in [0.1, 0.15) is 43.8 Å². The Labute approximate surface area is 178 Å². The quantitative estimate of drug-likeness (QED) is 0.452. The van der Waals surface area contributed by atoms with E-state index in [-0.39, 0.29) is 30.7 Å². The zero-order valence-electron chi connectivity index (χ0n) is 16.1. The molecule has 0 spiro atoms. The molecule has 0 fully saturated rings. The van der Waals surface area contributed by atoms with E-state index in [1.54, 1.807) is 55.5 Å². The average molecular weight is 421 g/mol. The fourth-order valence-corrected chi connectivity index (χ4v) is 3.46. The van der Waals surface area contributed by atoms with E-state index in [4.69, 9.17) is 16.3 Å². The zero-order valence-corrected chi connectivity index (χ0v) is 16.8. The van der Waals surface area contributed by atoms with Crippen molar-refractivity contribution in [3.63, 3.8) is 0 Å². The summed E-state index contributed by atoms with van der Waals surface area (Å²) in [5.41, 5.74) is 2.76. The molecule has 6 nitrogen and oxygen atoms in total. The lowest BCUT2D eigenvalue weighted by molar-refractivity contribution is 0.0519. The number of carbonyl (C=O) groups excluding carboxylic acids is 3. The van der Waals surface area contributed by atoms with Crippen LogP contribution in [0.2, 0.25) is 5.02 Å². The minimum atomic E-state index is -0.572. The number of ether oxygens (including phenoxy) is 1. The van der Waals surface area contributed by atoms with E-state index in [1.165, 1.54) is 0 Å². The fraction of sp³-hybridized carbons (Fsp3) is 0.130. The van der Waals surface area contributed by atoms with Crippen LogP contribution in [0, 0.1) is 0 Å². The summed E-state index contributed by atoms with van der Waals surface area (Å²) in [6.07, 6.45) is 0. The van der Waals surface area contributed by atoms with Gasteiger partial charge in [-0.05, 0) is 54.4 Å². The molecule has 0 aliphatic carbocycles. The first-order chi connectivity index (χ1) is 14.5. The van der Waals surface area contributed by atoms with Crippen molar-refractivity contribution in [1.29, 1.82) is 0 Å². The summed E-state index contributed by atoms with van der Waals surface area (Å²) < 4.78 is 5.09. The first kappa shape index (κ1) is 19.8. The lowest BCUT2D eigenvalue weighted by atomic mass is 10.0. The van der Waals surface area contributed by atoms with Crippen LogP contribution in [0.25, 0.3) is 11.1 Å². The Morgan fingerprint density at radius 3 is 2.20 bits per heavy atom. The molecule has 2 amide bonds. The van der Waals surface area contributed by atoms with Crippen molar-refractivity contribution in [2.45, 2.75) is 13.5 Å². The van der Waals surface area contributed by atoms with Crippen molar-refractivity contribution in [3.8, 4) is 11.1 Å². The normalized spacial score (nSPS) is 12.8. The number of carbonyl (C=O) groups is 3. The maximum atomic E-state index is 12.7. The summed E-state index contributed by atoms with van der Waals surface area (Å²) >= 11 is 5.97. The van der Waals surface area contributed by atoms with Gasteiger partial charge >= 0.3 is 5.97 Å². The summed E-state index contributed by atoms with van der Waals surface area (Å²) in [4.78, 5) is 43.2. The van der Waals surface area contributed by atoms with Crippen LogP contribution in [0.4, 0.5) is 0 Å². The number of imide groups is 1. The lowest BCUT2D eigenvalue weighted by Crippen LogP contribution is -2.29. The summed E-state index contributed by atoms with van der Waals surface area (Å²) in [5.74, 6) is -1.34. The maximum Gasteiger partial charge on any atom is 0.356 e. The number of pyridine rings is 1. The molecule has 2 aromatic carbocycles. The number of nitrogens with zero attached hydrogens (tertiary/aromatic N) is 2. The molecule has 0 bridgehead atoms. The highest BCUT2D eigenvalue weighted by Gasteiger charge is 2.35. The molecule has 0 saturated heterocycles. The van der Waals surface area contributed by atoms with Gasteiger partial charge in [-0.15, -0.1) is 0 Å². The molecule has 3 aromatic rings. The predicted octanol–water partition coefficient (Wildman–Crippen LogP) is 4.37. The van der Waals surface area contributed by atoms with Crippen LogP contribution in [0.15, 0.2) is 60.7 Å². The Morgan fingerprint density at radius 1 is 0.967 bits per heavy atom. The minimum Gasteiger partial charge on any atom is -0.461 e. The van der Waals surface area contributed by atoms with Gasteiger partial charge in [0, 0.05) is 5.02 Å². The number of benzene rings is 2. The summed E-state index contributed by atoms with van der Waals surface area (Å²) in [7, 11) is 0. The van der Waals surface area contributed by atoms with E-state index in [2.05, 4.69) is 4.98 Å². The van der Waals surface area contributed by atoms with Gasteiger partial charge in [-0.2, -0.15) is 0 Å². The molecular weight excluding hydrogens is 404 g/mol. The molecule has 0 saturated carbocycles. The number of rotatable bonds is 5. The van der Waals surface area contributed by atoms with Crippen LogP contribution >= 0.6 is 11.6 Å². The van der Waals surface area contributed by atoms with Crippen LogP contribution in [-0.4, -0.2) is 34.3 Å². The van der Waals surface area contributed by atoms with Gasteiger partial charge in [-0.25, -0.2) is 9.78 Å². The molecule has 1 aliphatic rings. The first-order valence-electron chi connectivity index (χ1n) is 9.37. The van der Waals surface area contributed by atoms with Gasteiger partial charge in [-0.3, -0.25) is 14.5 Å². The van der Waals surface area contributed by atoms with Gasteiger partial charge in [0.1, 0.15) is 5.69 Å². The van der Waals surface area contributed by atoms with Crippen molar-refractivity contribution in [1.82, 2.24) is 9.88 Å². The van der Waals surface area contributed by atoms with Gasteiger partial charge in [0.25, 0.3) is 11.8 Å². The molecule has 150 valence electrons. The minimum absolute atomic E-state index is 0.0554. The van der Waals surface area contributed by atoms with Crippen LogP contribution in [-0.2, 0) is 11.3 Å². The van der Waals surface area contributed by atoms with Crippen LogP contribution < -0.4 is 0 Å². The molecule has 1 aliphatic heterocycles. The third kappa shape index (κ3) is 3.69. The molecule has 0 unspecified atom stereocenters. The number of aromatic nitrogens is 1. The van der Waals surface area contributed by atoms with E-state index < -0.39 is 5.97 Å². The Bertz CT molecular complexity index is 1120. The number of hydrogen-bond donors (Lipinski definition) is 0. The second-order valence-electron chi connectivity index (χ2n) is 6.70. The molecule has 0 radical (unpaired) electrons. The van der Waals surface area contributed by atoms with Gasteiger partial charge in [0.2, 0.25) is 0 Å². The van der Waals surface area contributed by atoms with E-state index in [1.807, 2.05) is 12.1 Å². The van der Waals surface area contributed by atoms with E-state index >= 15 is 0 Å². The Morgan fingerprint density at radius 2 is 1.60 bits per heavy atom. The Hall–Kier alpha value is -3.51. The second kappa shape index (κ2) is 8.08. The van der Waals surface area contributed by atoms with Crippen molar-refractivity contribution in [2.75, 3.05) is 6.61 Å². The largest absolute Gasteiger partial charge is 0.461 e. The SMILES string of the molecule is CCOC(=O)c1cc(-c2ccc(Cl)cc2)cc(CN2C(=O)c3ccccc3C2=O)n1. The Kier molecular flexibility index (Phi) is 5.33. The maximum absolute atomic E-state index is 12.7. The predicted molar refractivity (Wildman–Crippen MR) is 111 cm³/mol. The highest BCUT2D eigenvalue weighted by atomic mass is 35.5. The standard InChI is InChI=1S/C23H17ClN2O4/c1-2-30-23(29)20-12-15(14-7-9-16(24)10-8-14)11-17(25-20)13-26-21(27)18-5-3-4-6-19(18)22(26)28/h3-12H,2,13H2,1H3. The molecule has 2 heterocycles. The van der Waals surface area contributed by atoms with Gasteiger partial charge in [-0.1, -0.05) is 35.9 Å². The lowest BCUT2D eigenvalue weighted by Gasteiger charge is -2.15. The molecular formula is C23H17ClN2O4. The molecule has 0 atom stereocenters. The van der Waals surface area contributed by atoms with Gasteiger partial charge in [0.15, 0.2) is 0 Å². The van der Waals surface area contributed by atoms with Crippen molar-refractivity contribution in [2.24, 2.45) is 0 Å². The number of amides is 2. The monoisotopic (exact) mass is 420 g/mol. The van der Waals surface area contributed by atoms with Gasteiger partial charge < -0.3 is 4.74 Å². The molecule has 1 aromatic heterocycles.